The minimum atomic E-state index is -3.29. The summed E-state index contributed by atoms with van der Waals surface area (Å²) in [7, 11) is -3.29. The van der Waals surface area contributed by atoms with E-state index in [0.29, 0.717) is 17.3 Å². The Hall–Kier alpha value is -2.48. The zero-order valence-corrected chi connectivity index (χ0v) is 14.8. The largest absolute Gasteiger partial charge is 0.321 e. The zero-order chi connectivity index (χ0) is 17.3. The third kappa shape index (κ3) is 2.66. The summed E-state index contributed by atoms with van der Waals surface area (Å²) >= 11 is 0. The van der Waals surface area contributed by atoms with Crippen molar-refractivity contribution in [2.75, 3.05) is 6.61 Å². The molecule has 4 aromatic rings. The third-order valence-corrected chi connectivity index (χ3v) is 6.77. The second kappa shape index (κ2) is 6.44. The van der Waals surface area contributed by atoms with Crippen LogP contribution in [0.5, 0.6) is 0 Å². The van der Waals surface area contributed by atoms with Gasteiger partial charge in [-0.2, -0.15) is 0 Å². The van der Waals surface area contributed by atoms with Crippen LogP contribution >= 0.6 is 7.37 Å². The second-order valence-corrected chi connectivity index (χ2v) is 8.10. The molecule has 124 valence electrons. The van der Waals surface area contributed by atoms with Gasteiger partial charge in [-0.1, -0.05) is 60.7 Å². The molecule has 0 aliphatic heterocycles. The summed E-state index contributed by atoms with van der Waals surface area (Å²) in [5.41, 5.74) is 1.35. The normalized spacial score (nSPS) is 13.8. The predicted molar refractivity (Wildman–Crippen MR) is 104 cm³/mol. The lowest BCUT2D eigenvalue weighted by Gasteiger charge is -2.20. The Morgan fingerprint density at radius 1 is 0.800 bits per heavy atom. The van der Waals surface area contributed by atoms with Crippen LogP contribution in [0.1, 0.15) is 6.92 Å². The van der Waals surface area contributed by atoms with E-state index in [1.165, 1.54) is 0 Å². The first kappa shape index (κ1) is 16.0. The average molecular weight is 347 g/mol. The van der Waals surface area contributed by atoms with Crippen LogP contribution in [0.4, 0.5) is 0 Å². The van der Waals surface area contributed by atoms with E-state index in [-0.39, 0.29) is 0 Å². The highest BCUT2D eigenvalue weighted by molar-refractivity contribution is 7.74. The standard InChI is InChI=1S/C21H18NO2P/c1-2-24-25(23,16-10-4-3-5-11-16)21-19-14-7-6-12-17(19)18-13-8-9-15-20(18)22-21/h3-15H,2H2,1H3. The summed E-state index contributed by atoms with van der Waals surface area (Å²) < 4.78 is 19.8. The second-order valence-electron chi connectivity index (χ2n) is 5.80. The van der Waals surface area contributed by atoms with Crippen molar-refractivity contribution >= 4 is 39.8 Å². The van der Waals surface area contributed by atoms with Crippen molar-refractivity contribution in [1.29, 1.82) is 0 Å². The lowest BCUT2D eigenvalue weighted by Crippen LogP contribution is -2.22. The molecule has 0 amide bonds. The van der Waals surface area contributed by atoms with Gasteiger partial charge in [-0.15, -0.1) is 0 Å². The molecule has 0 N–H and O–H groups in total. The van der Waals surface area contributed by atoms with E-state index in [4.69, 9.17) is 9.51 Å². The Bertz CT molecular complexity index is 1090. The highest BCUT2D eigenvalue weighted by Crippen LogP contribution is 2.46. The molecule has 0 bridgehead atoms. The summed E-state index contributed by atoms with van der Waals surface area (Å²) in [6.07, 6.45) is 0. The number of aromatic nitrogens is 1. The number of hydrogen-bond donors (Lipinski definition) is 0. The molecule has 3 nitrogen and oxygen atoms in total. The van der Waals surface area contributed by atoms with Crippen molar-refractivity contribution < 1.29 is 9.09 Å². The maximum atomic E-state index is 14.0. The van der Waals surface area contributed by atoms with Crippen LogP contribution in [0.15, 0.2) is 78.9 Å². The van der Waals surface area contributed by atoms with Gasteiger partial charge < -0.3 is 4.52 Å². The number of rotatable bonds is 4. The number of pyridine rings is 1. The van der Waals surface area contributed by atoms with E-state index in [1.54, 1.807) is 0 Å². The van der Waals surface area contributed by atoms with Gasteiger partial charge in [0.2, 0.25) is 0 Å². The van der Waals surface area contributed by atoms with Crippen LogP contribution < -0.4 is 10.7 Å². The molecular weight excluding hydrogens is 329 g/mol. The third-order valence-electron chi connectivity index (χ3n) is 4.27. The fourth-order valence-electron chi connectivity index (χ4n) is 3.17. The molecule has 3 aromatic carbocycles. The number of nitrogens with zero attached hydrogens (tertiary/aromatic N) is 1. The summed E-state index contributed by atoms with van der Waals surface area (Å²) in [5, 5.41) is 3.64. The highest BCUT2D eigenvalue weighted by atomic mass is 31.2. The quantitative estimate of drug-likeness (QED) is 0.398. The molecule has 4 heteroatoms. The molecule has 1 aromatic heterocycles. The Morgan fingerprint density at radius 3 is 2.12 bits per heavy atom. The smallest absolute Gasteiger partial charge is 0.279 e. The van der Waals surface area contributed by atoms with Gasteiger partial charge >= 0.3 is 0 Å². The summed E-state index contributed by atoms with van der Waals surface area (Å²) in [6.45, 7) is 2.22. The number of para-hydroxylation sites is 1. The zero-order valence-electron chi connectivity index (χ0n) is 13.9. The molecule has 0 saturated carbocycles. The number of benzene rings is 3. The van der Waals surface area contributed by atoms with Gasteiger partial charge in [-0.25, -0.2) is 4.98 Å². The Kier molecular flexibility index (Phi) is 4.12. The summed E-state index contributed by atoms with van der Waals surface area (Å²) in [5.74, 6) is 0. The van der Waals surface area contributed by atoms with Gasteiger partial charge in [0.25, 0.3) is 7.37 Å². The van der Waals surface area contributed by atoms with Crippen molar-refractivity contribution in [1.82, 2.24) is 4.98 Å². The highest BCUT2D eigenvalue weighted by Gasteiger charge is 2.32. The molecule has 0 saturated heterocycles. The van der Waals surface area contributed by atoms with Crippen molar-refractivity contribution in [3.05, 3.63) is 78.9 Å². The van der Waals surface area contributed by atoms with Crippen molar-refractivity contribution in [3.63, 3.8) is 0 Å². The summed E-state index contributed by atoms with van der Waals surface area (Å²) in [4.78, 5) is 4.78. The molecule has 4 rings (SSSR count). The van der Waals surface area contributed by atoms with E-state index >= 15 is 0 Å². The van der Waals surface area contributed by atoms with Crippen LogP contribution in [0.3, 0.4) is 0 Å². The van der Waals surface area contributed by atoms with E-state index < -0.39 is 7.37 Å². The first-order valence-electron chi connectivity index (χ1n) is 8.32. The predicted octanol–water partition coefficient (Wildman–Crippen LogP) is 4.65. The molecule has 0 spiro atoms. The molecule has 0 fully saturated rings. The van der Waals surface area contributed by atoms with Crippen LogP contribution in [0, 0.1) is 0 Å². The molecule has 25 heavy (non-hydrogen) atoms. The Balaban J connectivity index is 2.11. The number of hydrogen-bond acceptors (Lipinski definition) is 3. The molecule has 1 atom stereocenters. The van der Waals surface area contributed by atoms with Crippen LogP contribution in [-0.4, -0.2) is 11.6 Å². The maximum absolute atomic E-state index is 14.0. The fourth-order valence-corrected chi connectivity index (χ4v) is 5.37. The maximum Gasteiger partial charge on any atom is 0.279 e. The Labute approximate surface area is 146 Å². The summed E-state index contributed by atoms with van der Waals surface area (Å²) in [6, 6.07) is 25.3. The SMILES string of the molecule is CCOP(=O)(c1ccccc1)c1nc2ccccc2c2ccccc12. The molecule has 0 aliphatic rings. The van der Waals surface area contributed by atoms with E-state index in [0.717, 1.165) is 21.7 Å². The van der Waals surface area contributed by atoms with E-state index in [2.05, 4.69) is 0 Å². The topological polar surface area (TPSA) is 39.2 Å². The van der Waals surface area contributed by atoms with Crippen molar-refractivity contribution in [3.8, 4) is 0 Å². The van der Waals surface area contributed by atoms with Gasteiger partial charge in [0.1, 0.15) is 5.44 Å². The monoisotopic (exact) mass is 347 g/mol. The van der Waals surface area contributed by atoms with Gasteiger partial charge in [0.15, 0.2) is 0 Å². The first-order chi connectivity index (χ1) is 12.2. The Morgan fingerprint density at radius 2 is 1.40 bits per heavy atom. The van der Waals surface area contributed by atoms with Gasteiger partial charge in [0.05, 0.1) is 12.1 Å². The van der Waals surface area contributed by atoms with Gasteiger partial charge in [-0.3, -0.25) is 4.57 Å². The average Bonchev–Trinajstić information content (AvgIpc) is 2.68. The molecule has 0 radical (unpaired) electrons. The minimum absolute atomic E-state index is 0.356. The van der Waals surface area contributed by atoms with Crippen molar-refractivity contribution in [2.24, 2.45) is 0 Å². The molecule has 1 heterocycles. The lowest BCUT2D eigenvalue weighted by molar-refractivity contribution is 0.347. The number of fused-ring (bicyclic) bond motifs is 3. The fraction of sp³-hybridized carbons (Fsp3) is 0.0952. The lowest BCUT2D eigenvalue weighted by atomic mass is 10.1. The molecule has 0 aliphatic carbocycles. The molecular formula is C21H18NO2P. The van der Waals surface area contributed by atoms with E-state index in [1.807, 2.05) is 85.8 Å². The minimum Gasteiger partial charge on any atom is -0.321 e. The van der Waals surface area contributed by atoms with E-state index in [9.17, 15) is 4.57 Å². The van der Waals surface area contributed by atoms with Crippen LogP contribution in [0.2, 0.25) is 0 Å². The van der Waals surface area contributed by atoms with Gasteiger partial charge in [0, 0.05) is 16.1 Å². The van der Waals surface area contributed by atoms with Crippen molar-refractivity contribution in [2.45, 2.75) is 6.92 Å². The first-order valence-corrected chi connectivity index (χ1v) is 9.95. The molecule has 1 unspecified atom stereocenters. The van der Waals surface area contributed by atoms with Crippen LogP contribution in [-0.2, 0) is 9.09 Å². The van der Waals surface area contributed by atoms with Gasteiger partial charge in [-0.05, 0) is 30.5 Å². The van der Waals surface area contributed by atoms with Crippen LogP contribution in [0.25, 0.3) is 21.7 Å².